The molecule has 0 radical (unpaired) electrons. The van der Waals surface area contributed by atoms with Crippen LogP contribution in [0.3, 0.4) is 0 Å². The molecule has 1 atom stereocenters. The maximum absolute atomic E-state index is 12.0. The van der Waals surface area contributed by atoms with Crippen LogP contribution in [0.2, 0.25) is 0 Å². The molecule has 1 unspecified atom stereocenters. The second-order valence-electron chi connectivity index (χ2n) is 4.02. The summed E-state index contributed by atoms with van der Waals surface area (Å²) in [6, 6.07) is 6.92. The molecule has 7 heteroatoms. The third-order valence-corrected chi connectivity index (χ3v) is 2.47. The van der Waals surface area contributed by atoms with Gasteiger partial charge in [0.2, 0.25) is 0 Å². The summed E-state index contributed by atoms with van der Waals surface area (Å²) in [6.45, 7) is 0. The van der Waals surface area contributed by atoms with Crippen LogP contribution < -0.4 is 4.74 Å². The molecule has 1 N–H and O–H groups in total. The van der Waals surface area contributed by atoms with Crippen molar-refractivity contribution in [1.29, 1.82) is 0 Å². The second-order valence-corrected chi connectivity index (χ2v) is 4.02. The number of rotatable bonds is 4. The number of aliphatic hydroxyl groups excluding tert-OH is 1. The van der Waals surface area contributed by atoms with Gasteiger partial charge in [0.15, 0.2) is 5.82 Å². The zero-order valence-corrected chi connectivity index (χ0v) is 10.2. The van der Waals surface area contributed by atoms with Crippen molar-refractivity contribution in [1.82, 2.24) is 9.97 Å². The minimum Gasteiger partial charge on any atom is -0.406 e. The maximum Gasteiger partial charge on any atom is 0.573 e. The number of benzene rings is 1. The van der Waals surface area contributed by atoms with E-state index < -0.39 is 12.5 Å². The van der Waals surface area contributed by atoms with Crippen molar-refractivity contribution in [3.63, 3.8) is 0 Å². The van der Waals surface area contributed by atoms with Crippen LogP contribution in [-0.4, -0.2) is 21.4 Å². The van der Waals surface area contributed by atoms with Crippen LogP contribution in [0.5, 0.6) is 5.75 Å². The van der Waals surface area contributed by atoms with E-state index in [4.69, 9.17) is 0 Å². The van der Waals surface area contributed by atoms with Crippen LogP contribution in [0.1, 0.15) is 17.5 Å². The molecule has 0 fully saturated rings. The van der Waals surface area contributed by atoms with Crippen LogP contribution in [0.25, 0.3) is 0 Å². The molecule has 0 amide bonds. The Morgan fingerprint density at radius 3 is 2.25 bits per heavy atom. The minimum absolute atomic E-state index is 0.205. The molecule has 0 saturated heterocycles. The molecule has 1 heterocycles. The molecule has 1 aromatic carbocycles. The average molecular weight is 284 g/mol. The Kier molecular flexibility index (Phi) is 4.19. The van der Waals surface area contributed by atoms with Crippen LogP contribution >= 0.6 is 0 Å². The Bertz CT molecular complexity index is 544. The summed E-state index contributed by atoms with van der Waals surface area (Å²) >= 11 is 0. The number of aliphatic hydroxyl groups is 1. The maximum atomic E-state index is 12.0. The lowest BCUT2D eigenvalue weighted by molar-refractivity contribution is -0.274. The number of ether oxygens (including phenoxy) is 1. The number of alkyl halides is 3. The van der Waals surface area contributed by atoms with Crippen molar-refractivity contribution in [3.05, 3.63) is 54.1 Å². The van der Waals surface area contributed by atoms with E-state index >= 15 is 0 Å². The van der Waals surface area contributed by atoms with Gasteiger partial charge >= 0.3 is 6.36 Å². The van der Waals surface area contributed by atoms with Gasteiger partial charge in [0.1, 0.15) is 11.9 Å². The fourth-order valence-corrected chi connectivity index (χ4v) is 1.62. The predicted octanol–water partition coefficient (Wildman–Crippen LogP) is 2.65. The average Bonchev–Trinajstić information content (AvgIpc) is 2.40. The molecule has 0 aliphatic heterocycles. The lowest BCUT2D eigenvalue weighted by Crippen LogP contribution is -2.17. The summed E-state index contributed by atoms with van der Waals surface area (Å²) in [7, 11) is 0. The molecule has 0 bridgehead atoms. The van der Waals surface area contributed by atoms with Gasteiger partial charge in [0.05, 0.1) is 0 Å². The van der Waals surface area contributed by atoms with E-state index in [1.165, 1.54) is 36.7 Å². The monoisotopic (exact) mass is 284 g/mol. The summed E-state index contributed by atoms with van der Waals surface area (Å²) in [4.78, 5) is 7.81. The van der Waals surface area contributed by atoms with Gasteiger partial charge in [-0.3, -0.25) is 0 Å². The van der Waals surface area contributed by atoms with E-state index in [1.807, 2.05) is 0 Å². The first-order valence-corrected chi connectivity index (χ1v) is 5.74. The number of aromatic nitrogens is 2. The predicted molar refractivity (Wildman–Crippen MR) is 63.8 cm³/mol. The van der Waals surface area contributed by atoms with Gasteiger partial charge in [-0.05, 0) is 23.8 Å². The molecular formula is C13H11F3N2O2. The molecule has 4 nitrogen and oxygen atoms in total. The van der Waals surface area contributed by atoms with Gasteiger partial charge in [-0.1, -0.05) is 12.1 Å². The molecule has 20 heavy (non-hydrogen) atoms. The van der Waals surface area contributed by atoms with Gasteiger partial charge in [-0.25, -0.2) is 9.97 Å². The fourth-order valence-electron chi connectivity index (χ4n) is 1.62. The quantitative estimate of drug-likeness (QED) is 0.937. The third kappa shape index (κ3) is 4.20. The van der Waals surface area contributed by atoms with Crippen molar-refractivity contribution in [2.45, 2.75) is 18.9 Å². The standard InChI is InChI=1S/C13H11F3N2O2/c14-13(15,16)20-10-4-2-9(3-5-10)8-11(19)12-17-6-1-7-18-12/h1-7,11,19H,8H2. The van der Waals surface area contributed by atoms with Crippen LogP contribution in [0.15, 0.2) is 42.7 Å². The van der Waals surface area contributed by atoms with Gasteiger partial charge < -0.3 is 9.84 Å². The SMILES string of the molecule is OC(Cc1ccc(OC(F)(F)F)cc1)c1ncccn1. The van der Waals surface area contributed by atoms with E-state index in [0.717, 1.165) is 0 Å². The highest BCUT2D eigenvalue weighted by atomic mass is 19.4. The molecule has 1 aromatic heterocycles. The van der Waals surface area contributed by atoms with Crippen LogP contribution in [0.4, 0.5) is 13.2 Å². The Balaban J connectivity index is 2.00. The highest BCUT2D eigenvalue weighted by molar-refractivity contribution is 5.28. The highest BCUT2D eigenvalue weighted by Crippen LogP contribution is 2.24. The van der Waals surface area contributed by atoms with Crippen molar-refractivity contribution in [2.75, 3.05) is 0 Å². The highest BCUT2D eigenvalue weighted by Gasteiger charge is 2.30. The number of hydrogen-bond acceptors (Lipinski definition) is 4. The molecule has 2 aromatic rings. The summed E-state index contributed by atoms with van der Waals surface area (Å²) in [5.74, 6) is -0.0326. The van der Waals surface area contributed by atoms with Crippen molar-refractivity contribution < 1.29 is 23.0 Å². The van der Waals surface area contributed by atoms with Crippen molar-refractivity contribution >= 4 is 0 Å². The summed E-state index contributed by atoms with van der Waals surface area (Å²) in [5, 5.41) is 9.89. The Hall–Kier alpha value is -2.15. The zero-order valence-electron chi connectivity index (χ0n) is 10.2. The first-order valence-electron chi connectivity index (χ1n) is 5.74. The molecule has 106 valence electrons. The molecule has 2 rings (SSSR count). The minimum atomic E-state index is -4.71. The number of halogens is 3. The third-order valence-electron chi connectivity index (χ3n) is 2.47. The van der Waals surface area contributed by atoms with Gasteiger partial charge in [-0.2, -0.15) is 0 Å². The molecule has 0 spiro atoms. The van der Waals surface area contributed by atoms with E-state index in [-0.39, 0.29) is 18.0 Å². The van der Waals surface area contributed by atoms with Crippen LogP contribution in [-0.2, 0) is 6.42 Å². The molecule has 0 aliphatic carbocycles. The number of nitrogens with zero attached hydrogens (tertiary/aromatic N) is 2. The fraction of sp³-hybridized carbons (Fsp3) is 0.231. The summed E-state index contributed by atoms with van der Waals surface area (Å²) in [5.41, 5.74) is 0.652. The zero-order chi connectivity index (χ0) is 14.6. The Morgan fingerprint density at radius 2 is 1.70 bits per heavy atom. The van der Waals surface area contributed by atoms with E-state index in [1.54, 1.807) is 6.07 Å². The first kappa shape index (κ1) is 14.3. The van der Waals surface area contributed by atoms with Gasteiger partial charge in [-0.15, -0.1) is 13.2 Å². The molecular weight excluding hydrogens is 273 g/mol. The lowest BCUT2D eigenvalue weighted by Gasteiger charge is -2.11. The topological polar surface area (TPSA) is 55.2 Å². The molecule has 0 saturated carbocycles. The number of hydrogen-bond donors (Lipinski definition) is 1. The van der Waals surface area contributed by atoms with E-state index in [2.05, 4.69) is 14.7 Å². The summed E-state index contributed by atoms with van der Waals surface area (Å²) in [6.07, 6.45) is -2.40. The van der Waals surface area contributed by atoms with E-state index in [0.29, 0.717) is 5.56 Å². The normalized spacial score (nSPS) is 13.0. The van der Waals surface area contributed by atoms with Gasteiger partial charge in [0.25, 0.3) is 0 Å². The Labute approximate surface area is 112 Å². The Morgan fingerprint density at radius 1 is 1.10 bits per heavy atom. The lowest BCUT2D eigenvalue weighted by atomic mass is 10.1. The van der Waals surface area contributed by atoms with Crippen molar-refractivity contribution in [3.8, 4) is 5.75 Å². The smallest absolute Gasteiger partial charge is 0.406 e. The van der Waals surface area contributed by atoms with Crippen LogP contribution in [0, 0.1) is 0 Å². The first-order chi connectivity index (χ1) is 9.44. The summed E-state index contributed by atoms with van der Waals surface area (Å²) < 4.78 is 39.7. The molecule has 0 aliphatic rings. The van der Waals surface area contributed by atoms with E-state index in [9.17, 15) is 18.3 Å². The second kappa shape index (κ2) is 5.87. The van der Waals surface area contributed by atoms with Gasteiger partial charge in [0, 0.05) is 18.8 Å². The largest absolute Gasteiger partial charge is 0.573 e. The van der Waals surface area contributed by atoms with Crippen molar-refractivity contribution in [2.24, 2.45) is 0 Å².